The molecular weight excluding hydrogens is 174 g/mol. The summed E-state index contributed by atoms with van der Waals surface area (Å²) in [7, 11) is 0. The number of aliphatic hydroxyl groups excluding tert-OH is 1. The van der Waals surface area contributed by atoms with E-state index in [1.807, 2.05) is 0 Å². The van der Waals surface area contributed by atoms with Crippen molar-refractivity contribution >= 4 is 11.9 Å². The predicted molar refractivity (Wildman–Crippen MR) is 45.9 cm³/mol. The third-order valence-electron chi connectivity index (χ3n) is 1.22. The summed E-state index contributed by atoms with van der Waals surface area (Å²) >= 11 is 0. The van der Waals surface area contributed by atoms with E-state index in [1.165, 1.54) is 6.92 Å². The minimum atomic E-state index is -0.692. The van der Waals surface area contributed by atoms with Crippen molar-refractivity contribution in [1.29, 1.82) is 0 Å². The minimum absolute atomic E-state index is 0.000590. The lowest BCUT2D eigenvalue weighted by Gasteiger charge is -2.05. The Balaban J connectivity index is 3.52. The first-order valence-electron chi connectivity index (χ1n) is 4.16. The van der Waals surface area contributed by atoms with Crippen molar-refractivity contribution in [2.45, 2.75) is 26.4 Å². The largest absolute Gasteiger partial charge is 0.465 e. The number of amides is 1. The van der Waals surface area contributed by atoms with E-state index in [-0.39, 0.29) is 18.9 Å². The minimum Gasteiger partial charge on any atom is -0.465 e. The van der Waals surface area contributed by atoms with Crippen LogP contribution in [-0.4, -0.2) is 36.2 Å². The van der Waals surface area contributed by atoms with Gasteiger partial charge in [-0.05, 0) is 13.8 Å². The van der Waals surface area contributed by atoms with Crippen molar-refractivity contribution in [2.75, 3.05) is 13.2 Å². The van der Waals surface area contributed by atoms with Crippen LogP contribution < -0.4 is 5.32 Å². The van der Waals surface area contributed by atoms with Gasteiger partial charge in [-0.1, -0.05) is 0 Å². The van der Waals surface area contributed by atoms with Crippen LogP contribution in [0.5, 0.6) is 0 Å². The molecule has 76 valence electrons. The van der Waals surface area contributed by atoms with Crippen LogP contribution in [0.25, 0.3) is 0 Å². The zero-order chi connectivity index (χ0) is 10.3. The quantitative estimate of drug-likeness (QED) is 0.568. The number of nitrogens with one attached hydrogen (secondary N) is 1. The second kappa shape index (κ2) is 6.42. The van der Waals surface area contributed by atoms with Gasteiger partial charge in [0.25, 0.3) is 0 Å². The van der Waals surface area contributed by atoms with E-state index in [4.69, 9.17) is 5.11 Å². The molecule has 0 heterocycles. The van der Waals surface area contributed by atoms with E-state index in [2.05, 4.69) is 10.1 Å². The number of esters is 1. The van der Waals surface area contributed by atoms with E-state index in [0.717, 1.165) is 0 Å². The highest BCUT2D eigenvalue weighted by Gasteiger charge is 2.07. The fraction of sp³-hybridized carbons (Fsp3) is 0.750. The topological polar surface area (TPSA) is 75.6 Å². The van der Waals surface area contributed by atoms with Gasteiger partial charge >= 0.3 is 5.97 Å². The van der Waals surface area contributed by atoms with Gasteiger partial charge in [0.05, 0.1) is 19.1 Å². The number of ether oxygens (including phenoxy) is 1. The molecule has 0 aliphatic rings. The predicted octanol–water partition coefficient (Wildman–Crippen LogP) is -0.563. The van der Waals surface area contributed by atoms with Crippen LogP contribution in [-0.2, 0) is 14.3 Å². The number of rotatable bonds is 5. The van der Waals surface area contributed by atoms with E-state index >= 15 is 0 Å². The summed E-state index contributed by atoms with van der Waals surface area (Å²) < 4.78 is 4.58. The molecule has 0 saturated carbocycles. The average Bonchev–Trinajstić information content (AvgIpc) is 2.00. The molecule has 0 aliphatic heterocycles. The molecule has 1 amide bonds. The molecule has 5 heteroatoms. The van der Waals surface area contributed by atoms with Crippen molar-refractivity contribution in [3.63, 3.8) is 0 Å². The van der Waals surface area contributed by atoms with Gasteiger partial charge < -0.3 is 15.2 Å². The molecule has 0 fully saturated rings. The van der Waals surface area contributed by atoms with Crippen molar-refractivity contribution in [3.05, 3.63) is 0 Å². The smallest absolute Gasteiger partial charge is 0.325 e. The molecule has 0 rings (SSSR count). The van der Waals surface area contributed by atoms with Crippen molar-refractivity contribution in [3.8, 4) is 0 Å². The van der Waals surface area contributed by atoms with Crippen LogP contribution in [0.15, 0.2) is 0 Å². The lowest BCUT2D eigenvalue weighted by Crippen LogP contribution is -2.32. The van der Waals surface area contributed by atoms with Crippen LogP contribution in [0.1, 0.15) is 20.3 Å². The van der Waals surface area contributed by atoms with Gasteiger partial charge in [-0.25, -0.2) is 0 Å². The lowest BCUT2D eigenvalue weighted by molar-refractivity contribution is -0.143. The Kier molecular flexibility index (Phi) is 5.88. The number of aliphatic hydroxyl groups is 1. The lowest BCUT2D eigenvalue weighted by atomic mass is 10.3. The van der Waals surface area contributed by atoms with Crippen molar-refractivity contribution < 1.29 is 19.4 Å². The Bertz CT molecular complexity index is 179. The SMILES string of the molecule is CCOC(=O)CNC(=O)C[C@@H](C)O. The summed E-state index contributed by atoms with van der Waals surface area (Å²) in [6.45, 7) is 3.35. The normalized spacial score (nSPS) is 11.9. The van der Waals surface area contributed by atoms with E-state index in [9.17, 15) is 9.59 Å². The zero-order valence-electron chi connectivity index (χ0n) is 7.87. The molecule has 0 saturated heterocycles. The molecule has 0 spiro atoms. The molecule has 2 N–H and O–H groups in total. The van der Waals surface area contributed by atoms with Crippen molar-refractivity contribution in [1.82, 2.24) is 5.32 Å². The number of carbonyl (C=O) groups excluding carboxylic acids is 2. The first kappa shape index (κ1) is 11.9. The summed E-state index contributed by atoms with van der Waals surface area (Å²) in [5, 5.41) is 11.1. The summed E-state index contributed by atoms with van der Waals surface area (Å²) in [4.78, 5) is 21.6. The van der Waals surface area contributed by atoms with E-state index in [1.54, 1.807) is 6.92 Å². The number of hydrogen-bond donors (Lipinski definition) is 2. The van der Waals surface area contributed by atoms with E-state index < -0.39 is 12.1 Å². The van der Waals surface area contributed by atoms with E-state index in [0.29, 0.717) is 6.61 Å². The monoisotopic (exact) mass is 189 g/mol. The highest BCUT2D eigenvalue weighted by atomic mass is 16.5. The highest BCUT2D eigenvalue weighted by molar-refractivity contribution is 5.82. The van der Waals surface area contributed by atoms with Crippen LogP contribution in [0.4, 0.5) is 0 Å². The maximum absolute atomic E-state index is 10.9. The van der Waals surface area contributed by atoms with Gasteiger partial charge in [0.1, 0.15) is 6.54 Å². The molecule has 0 aromatic carbocycles. The molecule has 13 heavy (non-hydrogen) atoms. The number of hydrogen-bond acceptors (Lipinski definition) is 4. The summed E-state index contributed by atoms with van der Waals surface area (Å²) in [5.41, 5.74) is 0. The molecule has 0 aromatic rings. The van der Waals surface area contributed by atoms with Crippen LogP contribution in [0, 0.1) is 0 Å². The highest BCUT2D eigenvalue weighted by Crippen LogP contribution is 1.88. The summed E-state index contributed by atoms with van der Waals surface area (Å²) in [6.07, 6.45) is -0.693. The van der Waals surface area contributed by atoms with Gasteiger partial charge in [-0.15, -0.1) is 0 Å². The first-order valence-corrected chi connectivity index (χ1v) is 4.16. The Morgan fingerprint density at radius 3 is 2.62 bits per heavy atom. The van der Waals surface area contributed by atoms with Gasteiger partial charge in [0, 0.05) is 0 Å². The molecule has 0 bridgehead atoms. The third-order valence-corrected chi connectivity index (χ3v) is 1.22. The summed E-state index contributed by atoms with van der Waals surface area (Å²) in [5.74, 6) is -0.829. The fourth-order valence-corrected chi connectivity index (χ4v) is 0.723. The molecular formula is C8H15NO4. The van der Waals surface area contributed by atoms with Crippen LogP contribution in [0.3, 0.4) is 0 Å². The average molecular weight is 189 g/mol. The molecule has 0 radical (unpaired) electrons. The number of carbonyl (C=O) groups is 2. The van der Waals surface area contributed by atoms with Gasteiger partial charge in [-0.3, -0.25) is 9.59 Å². The van der Waals surface area contributed by atoms with Crippen LogP contribution >= 0.6 is 0 Å². The standard InChI is InChI=1S/C8H15NO4/c1-3-13-8(12)5-9-7(11)4-6(2)10/h6,10H,3-5H2,1-2H3,(H,9,11)/t6-/m1/s1. The van der Waals surface area contributed by atoms with Gasteiger partial charge in [0.15, 0.2) is 0 Å². The van der Waals surface area contributed by atoms with Crippen molar-refractivity contribution in [2.24, 2.45) is 0 Å². The van der Waals surface area contributed by atoms with Gasteiger partial charge in [0.2, 0.25) is 5.91 Å². The van der Waals surface area contributed by atoms with Gasteiger partial charge in [-0.2, -0.15) is 0 Å². The third kappa shape index (κ3) is 7.27. The second-order valence-corrected chi connectivity index (χ2v) is 2.63. The Morgan fingerprint density at radius 1 is 1.54 bits per heavy atom. The summed E-state index contributed by atoms with van der Waals surface area (Å²) in [6, 6.07) is 0. The molecule has 0 aromatic heterocycles. The molecule has 0 unspecified atom stereocenters. The Morgan fingerprint density at radius 2 is 2.15 bits per heavy atom. The maximum atomic E-state index is 10.9. The van der Waals surface area contributed by atoms with Crippen LogP contribution in [0.2, 0.25) is 0 Å². The Hall–Kier alpha value is -1.10. The fourth-order valence-electron chi connectivity index (χ4n) is 0.723. The molecule has 1 atom stereocenters. The molecule has 0 aliphatic carbocycles. The zero-order valence-corrected chi connectivity index (χ0v) is 7.87. The second-order valence-electron chi connectivity index (χ2n) is 2.63. The molecule has 5 nitrogen and oxygen atoms in total. The Labute approximate surface area is 77.1 Å². The maximum Gasteiger partial charge on any atom is 0.325 e. The first-order chi connectivity index (χ1) is 6.06.